The van der Waals surface area contributed by atoms with Crippen LogP contribution in [0.25, 0.3) is 0 Å². The van der Waals surface area contributed by atoms with Crippen LogP contribution >= 0.6 is 0 Å². The van der Waals surface area contributed by atoms with Crippen molar-refractivity contribution in [3.63, 3.8) is 0 Å². The molecule has 2 amide bonds. The Labute approximate surface area is 244 Å². The van der Waals surface area contributed by atoms with Crippen molar-refractivity contribution in [2.75, 3.05) is 25.5 Å². The predicted molar refractivity (Wildman–Crippen MR) is 157 cm³/mol. The van der Waals surface area contributed by atoms with Crippen LogP contribution in [0.3, 0.4) is 0 Å². The van der Waals surface area contributed by atoms with Crippen molar-refractivity contribution in [1.82, 2.24) is 15.1 Å². The second kappa shape index (κ2) is 11.6. The molecular weight excluding hydrogens is 521 g/mol. The fraction of sp³-hybridized carbons (Fsp3) is 0.500. The standard InChI is InChI=1S/C30H37B2FN4O4/c1-28(2)17-36(18-29(3,4)41-28)30(31,32)20-12-11-19(23(33)14-20)15-35-24-9-6-8-21-22(24)16-37(27(21)40)25(10-7-13-38)26(39)34-5/h6,8-9,11-14,25,35H,7,10,15-18H2,1-5H3,(H,34,39). The minimum atomic E-state index is -1.40. The number of hydrogen-bond acceptors (Lipinski definition) is 6. The average Bonchev–Trinajstić information content (AvgIpc) is 3.22. The van der Waals surface area contributed by atoms with Gasteiger partial charge in [0.05, 0.1) is 26.9 Å². The van der Waals surface area contributed by atoms with Crippen molar-refractivity contribution in [3.8, 4) is 0 Å². The molecule has 0 aliphatic carbocycles. The van der Waals surface area contributed by atoms with Gasteiger partial charge in [0.2, 0.25) is 5.91 Å². The summed E-state index contributed by atoms with van der Waals surface area (Å²) in [6, 6.07) is 9.25. The lowest BCUT2D eigenvalue weighted by atomic mass is 9.56. The molecule has 41 heavy (non-hydrogen) atoms. The number of ether oxygens (including phenoxy) is 1. The van der Waals surface area contributed by atoms with Crippen LogP contribution < -0.4 is 10.6 Å². The Balaban J connectivity index is 1.50. The summed E-state index contributed by atoms with van der Waals surface area (Å²) in [4.78, 5) is 40.0. The molecule has 0 spiro atoms. The lowest BCUT2D eigenvalue weighted by Gasteiger charge is -2.53. The predicted octanol–water partition coefficient (Wildman–Crippen LogP) is 2.82. The zero-order chi connectivity index (χ0) is 30.2. The van der Waals surface area contributed by atoms with Crippen molar-refractivity contribution >= 4 is 39.5 Å². The average molecular weight is 558 g/mol. The Morgan fingerprint density at radius 2 is 1.85 bits per heavy atom. The van der Waals surface area contributed by atoms with Crippen molar-refractivity contribution in [2.45, 2.75) is 76.2 Å². The molecule has 2 aromatic rings. The fourth-order valence-corrected chi connectivity index (χ4v) is 5.95. The van der Waals surface area contributed by atoms with E-state index in [2.05, 4.69) is 10.6 Å². The molecular formula is C30H37B2FN4O4. The molecule has 1 saturated heterocycles. The van der Waals surface area contributed by atoms with E-state index in [0.29, 0.717) is 35.5 Å². The number of rotatable bonds is 10. The maximum absolute atomic E-state index is 15.4. The van der Waals surface area contributed by atoms with Crippen LogP contribution in [0.5, 0.6) is 0 Å². The summed E-state index contributed by atoms with van der Waals surface area (Å²) in [6.45, 7) is 9.23. The van der Waals surface area contributed by atoms with Crippen LogP contribution in [0, 0.1) is 5.82 Å². The van der Waals surface area contributed by atoms with Crippen LogP contribution in [-0.2, 0) is 32.8 Å². The molecule has 1 unspecified atom stereocenters. The van der Waals surface area contributed by atoms with Crippen molar-refractivity contribution in [1.29, 1.82) is 0 Å². The smallest absolute Gasteiger partial charge is 0.255 e. The number of amides is 2. The topological polar surface area (TPSA) is 91.0 Å². The van der Waals surface area contributed by atoms with E-state index in [0.717, 1.165) is 11.8 Å². The highest BCUT2D eigenvalue weighted by atomic mass is 19.1. The van der Waals surface area contributed by atoms with Gasteiger partial charge in [-0.25, -0.2) is 4.39 Å². The van der Waals surface area contributed by atoms with Gasteiger partial charge in [-0.05, 0) is 63.2 Å². The number of morpholine rings is 1. The minimum absolute atomic E-state index is 0.153. The first-order valence-corrected chi connectivity index (χ1v) is 13.8. The zero-order valence-corrected chi connectivity index (χ0v) is 24.4. The van der Waals surface area contributed by atoms with Crippen molar-refractivity contribution in [2.24, 2.45) is 0 Å². The normalized spacial score (nSPS) is 19.0. The highest BCUT2D eigenvalue weighted by Gasteiger charge is 2.43. The van der Waals surface area contributed by atoms with Crippen LogP contribution in [0.4, 0.5) is 10.1 Å². The molecule has 1 atom stereocenters. The number of halogens is 1. The van der Waals surface area contributed by atoms with E-state index in [9.17, 15) is 14.4 Å². The number of nitrogens with one attached hydrogen (secondary N) is 2. The van der Waals surface area contributed by atoms with Crippen LogP contribution in [0.2, 0.25) is 0 Å². The zero-order valence-electron chi connectivity index (χ0n) is 24.4. The monoisotopic (exact) mass is 558 g/mol. The maximum Gasteiger partial charge on any atom is 0.255 e. The van der Waals surface area contributed by atoms with Gasteiger partial charge in [-0.1, -0.05) is 18.2 Å². The third kappa shape index (κ3) is 6.51. The van der Waals surface area contributed by atoms with Gasteiger partial charge in [0.1, 0.15) is 18.1 Å². The van der Waals surface area contributed by atoms with Gasteiger partial charge in [0, 0.05) is 62.0 Å². The highest BCUT2D eigenvalue weighted by Crippen LogP contribution is 2.35. The molecule has 4 rings (SSSR count). The van der Waals surface area contributed by atoms with E-state index in [-0.39, 0.29) is 37.7 Å². The number of benzene rings is 2. The lowest BCUT2D eigenvalue weighted by Crippen LogP contribution is -2.63. The summed E-state index contributed by atoms with van der Waals surface area (Å²) in [6.07, 6.45) is 1.12. The van der Waals surface area contributed by atoms with Crippen molar-refractivity contribution in [3.05, 3.63) is 64.5 Å². The van der Waals surface area contributed by atoms with Gasteiger partial charge in [-0.2, -0.15) is 0 Å². The Morgan fingerprint density at radius 1 is 1.17 bits per heavy atom. The Morgan fingerprint density at radius 3 is 2.46 bits per heavy atom. The number of hydrogen-bond donors (Lipinski definition) is 2. The Bertz CT molecular complexity index is 1320. The van der Waals surface area contributed by atoms with E-state index in [1.54, 1.807) is 24.3 Å². The SMILES string of the molecule is [B]C([B])(c1ccc(CNc2cccc3c2CN(C(CCC=O)C(=O)NC)C3=O)c(F)c1)N1CC(C)(C)OC(C)(C)C1. The molecule has 2 N–H and O–H groups in total. The van der Waals surface area contributed by atoms with Gasteiger partial charge in [-0.3, -0.25) is 9.59 Å². The van der Waals surface area contributed by atoms with E-state index < -0.39 is 28.4 Å². The first kappa shape index (κ1) is 30.8. The first-order chi connectivity index (χ1) is 19.2. The Hall–Kier alpha value is -3.17. The number of anilines is 1. The summed E-state index contributed by atoms with van der Waals surface area (Å²) in [5.74, 6) is -1.07. The molecule has 1 fully saturated rings. The van der Waals surface area contributed by atoms with E-state index in [1.807, 2.05) is 38.7 Å². The number of carbonyl (C=O) groups is 3. The highest BCUT2D eigenvalue weighted by molar-refractivity contribution is 6.39. The molecule has 0 bridgehead atoms. The summed E-state index contributed by atoms with van der Waals surface area (Å²) in [5.41, 5.74) is 1.75. The minimum Gasteiger partial charge on any atom is -0.381 e. The molecule has 11 heteroatoms. The summed E-state index contributed by atoms with van der Waals surface area (Å²) >= 11 is 0. The number of aldehydes is 1. The lowest BCUT2D eigenvalue weighted by molar-refractivity contribution is -0.186. The fourth-order valence-electron chi connectivity index (χ4n) is 5.95. The van der Waals surface area contributed by atoms with E-state index in [1.165, 1.54) is 18.0 Å². The third-order valence-electron chi connectivity index (χ3n) is 7.68. The van der Waals surface area contributed by atoms with E-state index in [4.69, 9.17) is 20.4 Å². The first-order valence-electron chi connectivity index (χ1n) is 13.8. The number of fused-ring (bicyclic) bond motifs is 1. The van der Waals surface area contributed by atoms with Crippen LogP contribution in [0.15, 0.2) is 36.4 Å². The number of nitrogens with zero attached hydrogens (tertiary/aromatic N) is 2. The number of carbonyl (C=O) groups excluding carboxylic acids is 3. The van der Waals surface area contributed by atoms with Crippen LogP contribution in [0.1, 0.15) is 67.6 Å². The molecule has 0 saturated carbocycles. The second-order valence-corrected chi connectivity index (χ2v) is 12.1. The molecule has 0 aromatic heterocycles. The van der Waals surface area contributed by atoms with Gasteiger partial charge in [0.25, 0.3) is 5.91 Å². The van der Waals surface area contributed by atoms with Gasteiger partial charge >= 0.3 is 0 Å². The summed E-state index contributed by atoms with van der Waals surface area (Å²) in [7, 11) is 14.7. The van der Waals surface area contributed by atoms with E-state index >= 15 is 4.39 Å². The molecule has 2 aliphatic heterocycles. The summed E-state index contributed by atoms with van der Waals surface area (Å²) in [5, 5.41) is 4.42. The largest absolute Gasteiger partial charge is 0.381 e. The van der Waals surface area contributed by atoms with Gasteiger partial charge < -0.3 is 30.0 Å². The third-order valence-corrected chi connectivity index (χ3v) is 7.68. The quantitative estimate of drug-likeness (QED) is 0.345. The van der Waals surface area contributed by atoms with Crippen molar-refractivity contribution < 1.29 is 23.5 Å². The molecule has 214 valence electrons. The van der Waals surface area contributed by atoms with Gasteiger partial charge in [-0.15, -0.1) is 0 Å². The maximum atomic E-state index is 15.4. The molecule has 2 heterocycles. The summed E-state index contributed by atoms with van der Waals surface area (Å²) < 4.78 is 21.5. The van der Waals surface area contributed by atoms with Gasteiger partial charge in [0.15, 0.2) is 0 Å². The Kier molecular flexibility index (Phi) is 8.71. The number of likely N-dealkylation sites (N-methyl/N-ethyl adjacent to an activating group) is 1. The molecule has 2 aliphatic rings. The molecule has 4 radical (unpaired) electrons. The molecule has 2 aromatic carbocycles. The second-order valence-electron chi connectivity index (χ2n) is 12.1. The van der Waals surface area contributed by atoms with Crippen LogP contribution in [-0.4, -0.2) is 81.0 Å². The molecule has 8 nitrogen and oxygen atoms in total.